The molecule has 1 heterocycles. The lowest BCUT2D eigenvalue weighted by Crippen LogP contribution is -2.12. The van der Waals surface area contributed by atoms with Crippen LogP contribution in [-0.4, -0.2) is 9.55 Å². The van der Waals surface area contributed by atoms with Gasteiger partial charge in [-0.3, -0.25) is 0 Å². The first-order valence-electron chi connectivity index (χ1n) is 5.21. The predicted molar refractivity (Wildman–Crippen MR) is 57.2 cm³/mol. The van der Waals surface area contributed by atoms with E-state index in [1.165, 1.54) is 6.07 Å². The highest BCUT2D eigenvalue weighted by Gasteiger charge is 2.46. The predicted octanol–water partition coefficient (Wildman–Crippen LogP) is 2.50. The summed E-state index contributed by atoms with van der Waals surface area (Å²) in [5.41, 5.74) is 1.57. The van der Waals surface area contributed by atoms with Gasteiger partial charge in [-0.2, -0.15) is 5.26 Å². The Balaban J connectivity index is 2.29. The Hall–Kier alpha value is -1.89. The van der Waals surface area contributed by atoms with Crippen molar-refractivity contribution in [3.8, 4) is 6.07 Å². The monoisotopic (exact) mass is 215 g/mol. The van der Waals surface area contributed by atoms with E-state index in [1.807, 2.05) is 0 Å². The molecule has 0 bridgehead atoms. The van der Waals surface area contributed by atoms with Crippen LogP contribution in [0, 0.1) is 24.1 Å². The van der Waals surface area contributed by atoms with E-state index in [0.717, 1.165) is 18.4 Å². The van der Waals surface area contributed by atoms with Gasteiger partial charge in [0.25, 0.3) is 0 Å². The number of imidazole rings is 1. The summed E-state index contributed by atoms with van der Waals surface area (Å²) in [6.45, 7) is 1.71. The van der Waals surface area contributed by atoms with Crippen molar-refractivity contribution >= 4 is 11.0 Å². The number of hydrogen-bond acceptors (Lipinski definition) is 2. The lowest BCUT2D eigenvalue weighted by molar-refractivity contribution is 0.609. The fourth-order valence-electron chi connectivity index (χ4n) is 2.00. The van der Waals surface area contributed by atoms with Gasteiger partial charge in [0.2, 0.25) is 0 Å². The second-order valence-corrected chi connectivity index (χ2v) is 4.35. The molecule has 1 aliphatic carbocycles. The van der Waals surface area contributed by atoms with Crippen LogP contribution in [0.4, 0.5) is 4.39 Å². The molecule has 1 saturated carbocycles. The van der Waals surface area contributed by atoms with Crippen LogP contribution >= 0.6 is 0 Å². The molecule has 1 aromatic carbocycles. The van der Waals surface area contributed by atoms with Crippen LogP contribution < -0.4 is 0 Å². The molecule has 0 saturated heterocycles. The van der Waals surface area contributed by atoms with Gasteiger partial charge in [0.05, 0.1) is 23.4 Å². The Bertz CT molecular complexity index is 617. The van der Waals surface area contributed by atoms with Crippen molar-refractivity contribution in [2.45, 2.75) is 25.3 Å². The molecule has 1 fully saturated rings. The van der Waals surface area contributed by atoms with E-state index in [2.05, 4.69) is 11.1 Å². The third-order valence-electron chi connectivity index (χ3n) is 3.22. The molecule has 3 rings (SSSR count). The third kappa shape index (κ3) is 1.09. The first-order chi connectivity index (χ1) is 7.66. The van der Waals surface area contributed by atoms with Gasteiger partial charge in [-0.25, -0.2) is 9.37 Å². The highest BCUT2D eigenvalue weighted by Crippen LogP contribution is 2.44. The van der Waals surface area contributed by atoms with Gasteiger partial charge in [-0.1, -0.05) is 0 Å². The topological polar surface area (TPSA) is 41.6 Å². The number of aromatic nitrogens is 2. The highest BCUT2D eigenvalue weighted by molar-refractivity contribution is 5.77. The van der Waals surface area contributed by atoms with Gasteiger partial charge in [-0.15, -0.1) is 0 Å². The normalized spacial score (nSPS) is 17.3. The summed E-state index contributed by atoms with van der Waals surface area (Å²) >= 11 is 0. The van der Waals surface area contributed by atoms with Crippen LogP contribution in [0.1, 0.15) is 18.4 Å². The standard InChI is InChI=1S/C12H10FN3/c1-8-4-10-11(5-9(8)13)16(7-15-10)12(6-14)2-3-12/h4-5,7H,2-3H2,1H3. The molecular weight excluding hydrogens is 205 g/mol. The Kier molecular flexibility index (Phi) is 1.65. The fourth-order valence-corrected chi connectivity index (χ4v) is 2.00. The van der Waals surface area contributed by atoms with Gasteiger partial charge in [0.15, 0.2) is 0 Å². The van der Waals surface area contributed by atoms with E-state index >= 15 is 0 Å². The summed E-state index contributed by atoms with van der Waals surface area (Å²) in [4.78, 5) is 4.22. The molecule has 0 radical (unpaired) electrons. The van der Waals surface area contributed by atoms with E-state index in [1.54, 1.807) is 23.9 Å². The molecule has 80 valence electrons. The number of nitrogens with zero attached hydrogens (tertiary/aromatic N) is 3. The molecule has 3 nitrogen and oxygen atoms in total. The molecule has 2 aromatic rings. The minimum absolute atomic E-state index is 0.247. The number of halogens is 1. The van der Waals surface area contributed by atoms with Crippen molar-refractivity contribution in [3.63, 3.8) is 0 Å². The number of aryl methyl sites for hydroxylation is 1. The zero-order valence-corrected chi connectivity index (χ0v) is 8.87. The number of rotatable bonds is 1. The Labute approximate surface area is 92.1 Å². The minimum atomic E-state index is -0.476. The van der Waals surface area contributed by atoms with Gasteiger partial charge in [0, 0.05) is 6.07 Å². The molecule has 0 atom stereocenters. The molecule has 0 unspecified atom stereocenters. The number of hydrogen-bond donors (Lipinski definition) is 0. The lowest BCUT2D eigenvalue weighted by atomic mass is 10.2. The summed E-state index contributed by atoms with van der Waals surface area (Å²) in [7, 11) is 0. The van der Waals surface area contributed by atoms with Crippen molar-refractivity contribution in [2.75, 3.05) is 0 Å². The zero-order valence-electron chi connectivity index (χ0n) is 8.87. The molecule has 16 heavy (non-hydrogen) atoms. The first-order valence-corrected chi connectivity index (χ1v) is 5.21. The number of fused-ring (bicyclic) bond motifs is 1. The first kappa shape index (κ1) is 9.34. The van der Waals surface area contributed by atoms with Crippen LogP contribution in [0.15, 0.2) is 18.5 Å². The summed E-state index contributed by atoms with van der Waals surface area (Å²) in [6.07, 6.45) is 3.29. The van der Waals surface area contributed by atoms with Crippen LogP contribution in [0.25, 0.3) is 11.0 Å². The second kappa shape index (κ2) is 2.82. The van der Waals surface area contributed by atoms with Crippen LogP contribution in [0.5, 0.6) is 0 Å². The number of nitriles is 1. The van der Waals surface area contributed by atoms with Gasteiger partial charge < -0.3 is 4.57 Å². The molecule has 1 aliphatic rings. The van der Waals surface area contributed by atoms with Crippen LogP contribution in [-0.2, 0) is 5.54 Å². The number of benzene rings is 1. The average molecular weight is 215 g/mol. The van der Waals surface area contributed by atoms with Crippen molar-refractivity contribution in [3.05, 3.63) is 29.8 Å². The van der Waals surface area contributed by atoms with Gasteiger partial charge >= 0.3 is 0 Å². The zero-order chi connectivity index (χ0) is 11.3. The minimum Gasteiger partial charge on any atom is -0.311 e. The molecule has 0 amide bonds. The third-order valence-corrected chi connectivity index (χ3v) is 3.22. The molecule has 0 aliphatic heterocycles. The Morgan fingerprint density at radius 3 is 2.88 bits per heavy atom. The molecule has 0 spiro atoms. The second-order valence-electron chi connectivity index (χ2n) is 4.35. The fraction of sp³-hybridized carbons (Fsp3) is 0.333. The summed E-state index contributed by atoms with van der Waals surface area (Å²) in [6, 6.07) is 5.47. The molecular formula is C12H10FN3. The van der Waals surface area contributed by atoms with E-state index in [0.29, 0.717) is 11.1 Å². The maximum Gasteiger partial charge on any atom is 0.133 e. The SMILES string of the molecule is Cc1cc2ncn(C3(C#N)CC3)c2cc1F. The van der Waals surface area contributed by atoms with E-state index < -0.39 is 5.54 Å². The Morgan fingerprint density at radius 1 is 1.50 bits per heavy atom. The Morgan fingerprint density at radius 2 is 2.25 bits per heavy atom. The summed E-state index contributed by atoms with van der Waals surface area (Å²) in [5, 5.41) is 9.12. The average Bonchev–Trinajstić information content (AvgIpc) is 2.97. The van der Waals surface area contributed by atoms with Crippen LogP contribution in [0.3, 0.4) is 0 Å². The van der Waals surface area contributed by atoms with Gasteiger partial charge in [0.1, 0.15) is 11.4 Å². The maximum atomic E-state index is 13.5. The molecule has 1 aromatic heterocycles. The van der Waals surface area contributed by atoms with E-state index in [4.69, 9.17) is 5.26 Å². The highest BCUT2D eigenvalue weighted by atomic mass is 19.1. The van der Waals surface area contributed by atoms with Gasteiger partial charge in [-0.05, 0) is 31.4 Å². The van der Waals surface area contributed by atoms with E-state index in [-0.39, 0.29) is 5.82 Å². The lowest BCUT2D eigenvalue weighted by Gasteiger charge is -2.09. The smallest absolute Gasteiger partial charge is 0.133 e. The van der Waals surface area contributed by atoms with Crippen molar-refractivity contribution < 1.29 is 4.39 Å². The van der Waals surface area contributed by atoms with Crippen LogP contribution in [0.2, 0.25) is 0 Å². The quantitative estimate of drug-likeness (QED) is 0.733. The molecule has 0 N–H and O–H groups in total. The largest absolute Gasteiger partial charge is 0.311 e. The summed E-state index contributed by atoms with van der Waals surface area (Å²) < 4.78 is 15.3. The van der Waals surface area contributed by atoms with Crippen molar-refractivity contribution in [2.24, 2.45) is 0 Å². The van der Waals surface area contributed by atoms with Crippen molar-refractivity contribution in [1.29, 1.82) is 5.26 Å². The molecule has 4 heteroatoms. The maximum absolute atomic E-state index is 13.5. The van der Waals surface area contributed by atoms with E-state index in [9.17, 15) is 4.39 Å². The summed E-state index contributed by atoms with van der Waals surface area (Å²) in [5.74, 6) is -0.247. The van der Waals surface area contributed by atoms with Crippen molar-refractivity contribution in [1.82, 2.24) is 9.55 Å².